The number of nitrogens with zero attached hydrogens (tertiary/aromatic N) is 1. The number of carboxylic acid groups (broad SMARTS) is 1. The number of rotatable bonds is 3. The Morgan fingerprint density at radius 2 is 1.85 bits per heavy atom. The summed E-state index contributed by atoms with van der Waals surface area (Å²) in [6.07, 6.45) is 5.51. The van der Waals surface area contributed by atoms with Crippen LogP contribution in [0, 0.1) is 5.92 Å². The highest BCUT2D eigenvalue weighted by Crippen LogP contribution is 2.30. The quantitative estimate of drug-likeness (QED) is 0.921. The average Bonchev–Trinajstić information content (AvgIpc) is 3.05. The fraction of sp³-hybridized carbons (Fsp3) is 0.500. The number of fused-ring (bicyclic) bond motifs is 1. The van der Waals surface area contributed by atoms with Crippen molar-refractivity contribution in [2.75, 3.05) is 0 Å². The molecular formula is C16H19NO3. The smallest absolute Gasteiger partial charge is 0.335 e. The molecule has 4 heteroatoms. The molecule has 1 aromatic carbocycles. The van der Waals surface area contributed by atoms with Gasteiger partial charge in [-0.05, 0) is 42.0 Å². The number of hydrogen-bond donors (Lipinski definition) is 1. The van der Waals surface area contributed by atoms with E-state index in [4.69, 9.17) is 5.11 Å². The van der Waals surface area contributed by atoms with E-state index in [1.807, 2.05) is 11.0 Å². The van der Waals surface area contributed by atoms with Crippen molar-refractivity contribution >= 4 is 11.9 Å². The molecule has 1 amide bonds. The molecule has 0 spiro atoms. The Balaban J connectivity index is 1.66. The van der Waals surface area contributed by atoms with Crippen molar-refractivity contribution in [2.45, 2.75) is 45.2 Å². The minimum absolute atomic E-state index is 0.213. The highest BCUT2D eigenvalue weighted by Gasteiger charge is 2.27. The second kappa shape index (κ2) is 5.27. The SMILES string of the molecule is O=C(O)c1ccc2c(c1)CN(C(=O)CC1CCCC1)C2. The number of hydrogen-bond acceptors (Lipinski definition) is 2. The zero-order valence-corrected chi connectivity index (χ0v) is 11.5. The lowest BCUT2D eigenvalue weighted by molar-refractivity contribution is -0.132. The lowest BCUT2D eigenvalue weighted by Crippen LogP contribution is -2.26. The second-order valence-electron chi connectivity index (χ2n) is 5.89. The van der Waals surface area contributed by atoms with E-state index in [0.29, 0.717) is 31.0 Å². The lowest BCUT2D eigenvalue weighted by atomic mass is 10.0. The van der Waals surface area contributed by atoms with Crippen molar-refractivity contribution in [2.24, 2.45) is 5.92 Å². The first kappa shape index (κ1) is 13.2. The first-order valence-electron chi connectivity index (χ1n) is 7.26. The van der Waals surface area contributed by atoms with E-state index in [2.05, 4.69) is 0 Å². The van der Waals surface area contributed by atoms with Gasteiger partial charge in [-0.2, -0.15) is 0 Å². The van der Waals surface area contributed by atoms with Crippen LogP contribution in [0.3, 0.4) is 0 Å². The molecule has 1 fully saturated rings. The van der Waals surface area contributed by atoms with E-state index in [9.17, 15) is 9.59 Å². The average molecular weight is 273 g/mol. The predicted octanol–water partition coefficient (Wildman–Crippen LogP) is 2.81. The number of benzene rings is 1. The molecule has 2 aliphatic rings. The monoisotopic (exact) mass is 273 g/mol. The van der Waals surface area contributed by atoms with Crippen LogP contribution < -0.4 is 0 Å². The molecule has 0 atom stereocenters. The molecule has 1 aliphatic carbocycles. The van der Waals surface area contributed by atoms with E-state index in [1.54, 1.807) is 12.1 Å². The van der Waals surface area contributed by atoms with Crippen LogP contribution in [0.2, 0.25) is 0 Å². The van der Waals surface area contributed by atoms with Crippen molar-refractivity contribution in [3.05, 3.63) is 34.9 Å². The Bertz CT molecular complexity index is 547. The van der Waals surface area contributed by atoms with Gasteiger partial charge in [0.05, 0.1) is 5.56 Å². The lowest BCUT2D eigenvalue weighted by Gasteiger charge is -2.17. The van der Waals surface area contributed by atoms with Gasteiger partial charge < -0.3 is 10.0 Å². The normalized spacial score (nSPS) is 18.3. The highest BCUT2D eigenvalue weighted by atomic mass is 16.4. The van der Waals surface area contributed by atoms with Crippen LogP contribution in [0.1, 0.15) is 53.6 Å². The summed E-state index contributed by atoms with van der Waals surface area (Å²) < 4.78 is 0. The van der Waals surface area contributed by atoms with Gasteiger partial charge in [0.2, 0.25) is 5.91 Å². The Kier molecular flexibility index (Phi) is 3.47. The maximum Gasteiger partial charge on any atom is 0.335 e. The van der Waals surface area contributed by atoms with Crippen LogP contribution in [-0.2, 0) is 17.9 Å². The molecule has 1 aliphatic heterocycles. The van der Waals surface area contributed by atoms with Gasteiger partial charge in [-0.25, -0.2) is 4.79 Å². The molecule has 3 rings (SSSR count). The largest absolute Gasteiger partial charge is 0.478 e. The van der Waals surface area contributed by atoms with Crippen LogP contribution in [0.25, 0.3) is 0 Å². The Hall–Kier alpha value is -1.84. The third-order valence-electron chi connectivity index (χ3n) is 4.47. The van der Waals surface area contributed by atoms with Crippen LogP contribution in [0.5, 0.6) is 0 Å². The molecule has 1 N–H and O–H groups in total. The minimum atomic E-state index is -0.913. The molecule has 1 aromatic rings. The topological polar surface area (TPSA) is 57.6 Å². The summed E-state index contributed by atoms with van der Waals surface area (Å²) in [6, 6.07) is 5.15. The molecular weight excluding hydrogens is 254 g/mol. The van der Waals surface area contributed by atoms with Gasteiger partial charge in [-0.3, -0.25) is 4.79 Å². The van der Waals surface area contributed by atoms with Crippen molar-refractivity contribution in [3.8, 4) is 0 Å². The van der Waals surface area contributed by atoms with Crippen LogP contribution in [-0.4, -0.2) is 21.9 Å². The molecule has 0 radical (unpaired) electrons. The van der Waals surface area contributed by atoms with Crippen molar-refractivity contribution in [3.63, 3.8) is 0 Å². The van der Waals surface area contributed by atoms with E-state index in [-0.39, 0.29) is 5.91 Å². The fourth-order valence-electron chi connectivity index (χ4n) is 3.29. The maximum absolute atomic E-state index is 12.3. The predicted molar refractivity (Wildman–Crippen MR) is 74.2 cm³/mol. The Morgan fingerprint density at radius 1 is 1.15 bits per heavy atom. The number of aromatic carboxylic acids is 1. The third kappa shape index (κ3) is 2.55. The molecule has 4 nitrogen and oxygen atoms in total. The van der Waals surface area contributed by atoms with Gasteiger partial charge in [0, 0.05) is 19.5 Å². The van der Waals surface area contributed by atoms with Gasteiger partial charge >= 0.3 is 5.97 Å². The molecule has 106 valence electrons. The summed E-state index contributed by atoms with van der Waals surface area (Å²) in [4.78, 5) is 25.1. The molecule has 0 aromatic heterocycles. The number of carbonyl (C=O) groups is 2. The molecule has 0 unspecified atom stereocenters. The molecule has 0 saturated heterocycles. The highest BCUT2D eigenvalue weighted by molar-refractivity contribution is 5.88. The summed E-state index contributed by atoms with van der Waals surface area (Å²) in [5, 5.41) is 9.00. The van der Waals surface area contributed by atoms with Crippen LogP contribution in [0.15, 0.2) is 18.2 Å². The molecule has 1 saturated carbocycles. The number of amides is 1. The summed E-state index contributed by atoms with van der Waals surface area (Å²) >= 11 is 0. The third-order valence-corrected chi connectivity index (χ3v) is 4.47. The fourth-order valence-corrected chi connectivity index (χ4v) is 3.29. The first-order chi connectivity index (χ1) is 9.63. The summed E-state index contributed by atoms with van der Waals surface area (Å²) in [7, 11) is 0. The van der Waals surface area contributed by atoms with Gasteiger partial charge in [-0.15, -0.1) is 0 Å². The maximum atomic E-state index is 12.3. The van der Waals surface area contributed by atoms with E-state index >= 15 is 0 Å². The number of carbonyl (C=O) groups excluding carboxylic acids is 1. The zero-order chi connectivity index (χ0) is 14.1. The van der Waals surface area contributed by atoms with E-state index < -0.39 is 5.97 Å². The molecule has 1 heterocycles. The van der Waals surface area contributed by atoms with Crippen molar-refractivity contribution < 1.29 is 14.7 Å². The number of carboxylic acids is 1. The van der Waals surface area contributed by atoms with Crippen LogP contribution in [0.4, 0.5) is 0 Å². The van der Waals surface area contributed by atoms with Crippen molar-refractivity contribution in [1.82, 2.24) is 4.90 Å². The standard InChI is InChI=1S/C16H19NO3/c18-15(7-11-3-1-2-4-11)17-9-13-6-5-12(16(19)20)8-14(13)10-17/h5-6,8,11H,1-4,7,9-10H2,(H,19,20). The summed E-state index contributed by atoms with van der Waals surface area (Å²) in [5.74, 6) is -0.144. The molecule has 20 heavy (non-hydrogen) atoms. The summed E-state index contributed by atoms with van der Waals surface area (Å²) in [5.41, 5.74) is 2.35. The van der Waals surface area contributed by atoms with Crippen molar-refractivity contribution in [1.29, 1.82) is 0 Å². The van der Waals surface area contributed by atoms with E-state index in [0.717, 1.165) is 11.1 Å². The second-order valence-corrected chi connectivity index (χ2v) is 5.89. The Labute approximate surface area is 118 Å². The first-order valence-corrected chi connectivity index (χ1v) is 7.26. The minimum Gasteiger partial charge on any atom is -0.478 e. The Morgan fingerprint density at radius 3 is 2.55 bits per heavy atom. The molecule has 0 bridgehead atoms. The van der Waals surface area contributed by atoms with Gasteiger partial charge in [0.1, 0.15) is 0 Å². The van der Waals surface area contributed by atoms with Gasteiger partial charge in [-0.1, -0.05) is 18.9 Å². The van der Waals surface area contributed by atoms with Crippen LogP contribution >= 0.6 is 0 Å². The van der Waals surface area contributed by atoms with E-state index in [1.165, 1.54) is 25.7 Å². The zero-order valence-electron chi connectivity index (χ0n) is 11.5. The van der Waals surface area contributed by atoms with Gasteiger partial charge in [0.25, 0.3) is 0 Å². The van der Waals surface area contributed by atoms with Gasteiger partial charge in [0.15, 0.2) is 0 Å². The summed E-state index contributed by atoms with van der Waals surface area (Å²) in [6.45, 7) is 1.18.